The van der Waals surface area contributed by atoms with Gasteiger partial charge in [-0.25, -0.2) is 9.97 Å². The van der Waals surface area contributed by atoms with E-state index in [1.54, 1.807) is 12.3 Å². The number of carbonyl (C=O) groups excluding carboxylic acids is 1. The number of aromatic nitrogens is 2. The molecule has 1 fully saturated rings. The van der Waals surface area contributed by atoms with E-state index in [9.17, 15) is 4.79 Å². The normalized spacial score (nSPS) is 19.8. The zero-order chi connectivity index (χ0) is 17.2. The predicted molar refractivity (Wildman–Crippen MR) is 98.2 cm³/mol. The molecule has 2 aliphatic heterocycles. The number of nitrogens with zero attached hydrogens (tertiary/aromatic N) is 4. The summed E-state index contributed by atoms with van der Waals surface area (Å²) in [5.41, 5.74) is 2.97. The maximum Gasteiger partial charge on any atom is 0.272 e. The molecule has 5 heteroatoms. The van der Waals surface area contributed by atoms with Crippen LogP contribution >= 0.6 is 0 Å². The van der Waals surface area contributed by atoms with Crippen LogP contribution in [0.4, 0.5) is 11.6 Å². The number of amides is 1. The van der Waals surface area contributed by atoms with E-state index in [0.717, 1.165) is 44.5 Å². The van der Waals surface area contributed by atoms with Crippen molar-refractivity contribution in [3.8, 4) is 0 Å². The van der Waals surface area contributed by atoms with Crippen molar-refractivity contribution in [1.29, 1.82) is 0 Å². The van der Waals surface area contributed by atoms with E-state index >= 15 is 0 Å². The van der Waals surface area contributed by atoms with Gasteiger partial charge in [0, 0.05) is 31.0 Å². The van der Waals surface area contributed by atoms with Gasteiger partial charge in [0.15, 0.2) is 0 Å². The first-order valence-corrected chi connectivity index (χ1v) is 9.27. The second-order valence-electron chi connectivity index (χ2n) is 6.83. The Morgan fingerprint density at radius 1 is 1.20 bits per heavy atom. The molecular formula is C20H24N4O. The van der Waals surface area contributed by atoms with Gasteiger partial charge in [-0.05, 0) is 49.8 Å². The molecule has 0 N–H and O–H groups in total. The van der Waals surface area contributed by atoms with Crippen molar-refractivity contribution in [3.05, 3.63) is 47.8 Å². The van der Waals surface area contributed by atoms with Crippen LogP contribution < -0.4 is 4.90 Å². The number of fused-ring (bicyclic) bond motifs is 1. The zero-order valence-corrected chi connectivity index (χ0v) is 14.7. The molecule has 3 heterocycles. The van der Waals surface area contributed by atoms with E-state index < -0.39 is 0 Å². The van der Waals surface area contributed by atoms with Crippen LogP contribution in [0.25, 0.3) is 0 Å². The lowest BCUT2D eigenvalue weighted by molar-refractivity contribution is 0.0602. The summed E-state index contributed by atoms with van der Waals surface area (Å²) in [5.74, 6) is 0.670. The molecule has 5 nitrogen and oxygen atoms in total. The molecule has 0 radical (unpaired) electrons. The van der Waals surface area contributed by atoms with E-state index in [1.807, 2.05) is 11.0 Å². The quantitative estimate of drug-likeness (QED) is 0.860. The van der Waals surface area contributed by atoms with Gasteiger partial charge in [0.2, 0.25) is 5.95 Å². The monoisotopic (exact) mass is 336 g/mol. The summed E-state index contributed by atoms with van der Waals surface area (Å²) in [6.07, 6.45) is 7.09. The van der Waals surface area contributed by atoms with Gasteiger partial charge < -0.3 is 9.80 Å². The lowest BCUT2D eigenvalue weighted by Crippen LogP contribution is -2.43. The highest BCUT2D eigenvalue weighted by Crippen LogP contribution is 2.32. The molecule has 1 atom stereocenters. The highest BCUT2D eigenvalue weighted by molar-refractivity contribution is 5.93. The Balaban J connectivity index is 1.61. The van der Waals surface area contributed by atoms with E-state index in [4.69, 9.17) is 0 Å². The Kier molecular flexibility index (Phi) is 4.38. The number of para-hydroxylation sites is 1. The molecule has 1 amide bonds. The fourth-order valence-electron chi connectivity index (χ4n) is 3.98. The highest BCUT2D eigenvalue weighted by Gasteiger charge is 2.28. The maximum absolute atomic E-state index is 13.0. The Morgan fingerprint density at radius 2 is 2.08 bits per heavy atom. The minimum atomic E-state index is 0.0442. The molecule has 1 aromatic carbocycles. The molecule has 0 bridgehead atoms. The van der Waals surface area contributed by atoms with E-state index in [2.05, 4.69) is 40.0 Å². The van der Waals surface area contributed by atoms with Crippen molar-refractivity contribution < 1.29 is 4.79 Å². The molecule has 0 saturated carbocycles. The van der Waals surface area contributed by atoms with Crippen LogP contribution in [0.3, 0.4) is 0 Å². The lowest BCUT2D eigenvalue weighted by Gasteiger charge is -2.35. The number of hydrogen-bond acceptors (Lipinski definition) is 4. The number of piperidine rings is 1. The molecular weight excluding hydrogens is 312 g/mol. The Labute approximate surface area is 148 Å². The van der Waals surface area contributed by atoms with Crippen molar-refractivity contribution in [3.63, 3.8) is 0 Å². The van der Waals surface area contributed by atoms with Crippen LogP contribution in [0.5, 0.6) is 0 Å². The average Bonchev–Trinajstić information content (AvgIpc) is 3.11. The maximum atomic E-state index is 13.0. The summed E-state index contributed by atoms with van der Waals surface area (Å²) in [5, 5.41) is 0. The third-order valence-corrected chi connectivity index (χ3v) is 5.35. The molecule has 130 valence electrons. The molecule has 0 aliphatic carbocycles. The Morgan fingerprint density at radius 3 is 2.96 bits per heavy atom. The molecule has 2 aromatic rings. The largest absolute Gasteiger partial charge is 0.334 e. The standard InChI is InChI=1S/C20H24N4O/c1-2-16-8-5-6-13-23(16)19(25)17-10-12-21-20(22-17)24-14-11-15-7-3-4-9-18(15)24/h3-4,7,9-10,12,16H,2,5-6,8,11,13-14H2,1H3. The molecule has 4 rings (SSSR count). The smallest absolute Gasteiger partial charge is 0.272 e. The first-order valence-electron chi connectivity index (χ1n) is 9.27. The summed E-state index contributed by atoms with van der Waals surface area (Å²) < 4.78 is 0. The van der Waals surface area contributed by atoms with Crippen LogP contribution in [0.2, 0.25) is 0 Å². The molecule has 2 aliphatic rings. The molecule has 1 aromatic heterocycles. The first kappa shape index (κ1) is 16.1. The second kappa shape index (κ2) is 6.82. The highest BCUT2D eigenvalue weighted by atomic mass is 16.2. The van der Waals surface area contributed by atoms with Crippen molar-refractivity contribution in [1.82, 2.24) is 14.9 Å². The van der Waals surface area contributed by atoms with Crippen LogP contribution in [-0.4, -0.2) is 39.9 Å². The Bertz CT molecular complexity index is 776. The molecule has 0 spiro atoms. The van der Waals surface area contributed by atoms with Crippen molar-refractivity contribution >= 4 is 17.5 Å². The summed E-state index contributed by atoms with van der Waals surface area (Å²) in [6, 6.07) is 10.4. The summed E-state index contributed by atoms with van der Waals surface area (Å²) in [4.78, 5) is 26.2. The third-order valence-electron chi connectivity index (χ3n) is 5.35. The topological polar surface area (TPSA) is 49.3 Å². The van der Waals surface area contributed by atoms with Gasteiger partial charge in [-0.3, -0.25) is 4.79 Å². The average molecular weight is 336 g/mol. The van der Waals surface area contributed by atoms with E-state index in [-0.39, 0.29) is 5.91 Å². The fraction of sp³-hybridized carbons (Fsp3) is 0.450. The van der Waals surface area contributed by atoms with Crippen LogP contribution in [-0.2, 0) is 6.42 Å². The number of benzene rings is 1. The summed E-state index contributed by atoms with van der Waals surface area (Å²) >= 11 is 0. The molecule has 1 saturated heterocycles. The van der Waals surface area contributed by atoms with Gasteiger partial charge in [0.05, 0.1) is 0 Å². The van der Waals surface area contributed by atoms with E-state index in [0.29, 0.717) is 17.7 Å². The van der Waals surface area contributed by atoms with Crippen molar-refractivity contribution in [2.45, 2.75) is 45.1 Å². The van der Waals surface area contributed by atoms with Crippen LogP contribution in [0.1, 0.15) is 48.7 Å². The van der Waals surface area contributed by atoms with Crippen molar-refractivity contribution in [2.24, 2.45) is 0 Å². The molecule has 1 unspecified atom stereocenters. The van der Waals surface area contributed by atoms with Crippen LogP contribution in [0, 0.1) is 0 Å². The second-order valence-corrected chi connectivity index (χ2v) is 6.83. The molecule has 25 heavy (non-hydrogen) atoms. The number of carbonyl (C=O) groups is 1. The fourth-order valence-corrected chi connectivity index (χ4v) is 3.98. The zero-order valence-electron chi connectivity index (χ0n) is 14.7. The van der Waals surface area contributed by atoms with Gasteiger partial charge in [-0.2, -0.15) is 0 Å². The van der Waals surface area contributed by atoms with Crippen molar-refractivity contribution in [2.75, 3.05) is 18.0 Å². The van der Waals surface area contributed by atoms with Gasteiger partial charge in [0.25, 0.3) is 5.91 Å². The van der Waals surface area contributed by atoms with Gasteiger partial charge in [-0.1, -0.05) is 25.1 Å². The van der Waals surface area contributed by atoms with Gasteiger partial charge in [-0.15, -0.1) is 0 Å². The summed E-state index contributed by atoms with van der Waals surface area (Å²) in [7, 11) is 0. The predicted octanol–water partition coefficient (Wildman–Crippen LogP) is 3.58. The minimum absolute atomic E-state index is 0.0442. The number of rotatable bonds is 3. The summed E-state index contributed by atoms with van der Waals surface area (Å²) in [6.45, 7) is 3.85. The number of anilines is 2. The van der Waals surface area contributed by atoms with Gasteiger partial charge in [0.1, 0.15) is 5.69 Å². The first-order chi connectivity index (χ1) is 12.3. The number of hydrogen-bond donors (Lipinski definition) is 0. The third kappa shape index (κ3) is 2.99. The van der Waals surface area contributed by atoms with Gasteiger partial charge >= 0.3 is 0 Å². The minimum Gasteiger partial charge on any atom is -0.334 e. The lowest BCUT2D eigenvalue weighted by atomic mass is 9.99. The number of likely N-dealkylation sites (tertiary alicyclic amines) is 1. The Hall–Kier alpha value is -2.43. The van der Waals surface area contributed by atoms with Crippen LogP contribution in [0.15, 0.2) is 36.5 Å². The van der Waals surface area contributed by atoms with E-state index in [1.165, 1.54) is 12.0 Å². The SMILES string of the molecule is CCC1CCCCN1C(=O)c1ccnc(N2CCc3ccccc32)n1.